The number of aryl methyl sites for hydroxylation is 1. The van der Waals surface area contributed by atoms with E-state index < -0.39 is 5.54 Å². The summed E-state index contributed by atoms with van der Waals surface area (Å²) in [6, 6.07) is 0.443. The molecule has 0 spiro atoms. The lowest BCUT2D eigenvalue weighted by Crippen LogP contribution is -2.54. The van der Waals surface area contributed by atoms with E-state index in [2.05, 4.69) is 15.5 Å². The fourth-order valence-corrected chi connectivity index (χ4v) is 2.59. The number of primary amides is 1. The van der Waals surface area contributed by atoms with Crippen LogP contribution >= 0.6 is 11.8 Å². The minimum Gasteiger partial charge on any atom is -0.416 e. The maximum absolute atomic E-state index is 11.5. The highest BCUT2D eigenvalue weighted by molar-refractivity contribution is 7.99. The van der Waals surface area contributed by atoms with Crippen LogP contribution in [0.25, 0.3) is 0 Å². The fourth-order valence-electron chi connectivity index (χ4n) is 1.62. The van der Waals surface area contributed by atoms with Crippen LogP contribution in [0.2, 0.25) is 0 Å². The highest BCUT2D eigenvalue weighted by Gasteiger charge is 2.36. The predicted octanol–water partition coefficient (Wildman–Crippen LogP) is 0.856. The van der Waals surface area contributed by atoms with Crippen LogP contribution in [0.1, 0.15) is 32.1 Å². The first-order valence-corrected chi connectivity index (χ1v) is 6.99. The van der Waals surface area contributed by atoms with Gasteiger partial charge in [-0.05, 0) is 26.2 Å². The summed E-state index contributed by atoms with van der Waals surface area (Å²) in [4.78, 5) is 11.5. The van der Waals surface area contributed by atoms with Gasteiger partial charge in [-0.15, -0.1) is 10.2 Å². The number of thioether (sulfide) groups is 1. The summed E-state index contributed by atoms with van der Waals surface area (Å²) >= 11 is 1.44. The molecule has 1 unspecified atom stereocenters. The Morgan fingerprint density at radius 2 is 2.33 bits per heavy atom. The van der Waals surface area contributed by atoms with Gasteiger partial charge in [-0.2, -0.15) is 0 Å². The molecule has 1 aromatic rings. The molecule has 1 aliphatic carbocycles. The number of amides is 1. The Labute approximate surface area is 110 Å². The Bertz CT molecular complexity index is 432. The maximum Gasteiger partial charge on any atom is 0.276 e. The van der Waals surface area contributed by atoms with Crippen LogP contribution in [0.5, 0.6) is 0 Å². The van der Waals surface area contributed by atoms with Gasteiger partial charge in [-0.3, -0.25) is 4.79 Å². The first-order chi connectivity index (χ1) is 8.49. The normalized spacial score (nSPS) is 18.6. The van der Waals surface area contributed by atoms with Crippen molar-refractivity contribution in [3.05, 3.63) is 5.89 Å². The van der Waals surface area contributed by atoms with Gasteiger partial charge in [0.1, 0.15) is 0 Å². The van der Waals surface area contributed by atoms with Crippen molar-refractivity contribution in [3.8, 4) is 0 Å². The highest BCUT2D eigenvalue weighted by Crippen LogP contribution is 2.26. The number of carbonyl (C=O) groups is 1. The minimum absolute atomic E-state index is 0.309. The standard InChI is InChI=1S/C11H18N4O2S/c1-7-14-15-10(17-7)18-6-5-11(2,9(12)16)13-8-3-4-8/h8,13H,3-6H2,1-2H3,(H2,12,16). The van der Waals surface area contributed by atoms with Crippen LogP contribution in [-0.4, -0.2) is 33.4 Å². The van der Waals surface area contributed by atoms with Crippen molar-refractivity contribution >= 4 is 17.7 Å². The van der Waals surface area contributed by atoms with Gasteiger partial charge >= 0.3 is 0 Å². The molecule has 7 heteroatoms. The van der Waals surface area contributed by atoms with E-state index in [0.29, 0.717) is 29.3 Å². The third kappa shape index (κ3) is 3.46. The lowest BCUT2D eigenvalue weighted by atomic mass is 9.98. The molecule has 2 rings (SSSR count). The summed E-state index contributed by atoms with van der Waals surface area (Å²) in [5, 5.41) is 11.5. The van der Waals surface area contributed by atoms with Gasteiger partial charge in [0, 0.05) is 18.7 Å². The molecule has 6 nitrogen and oxygen atoms in total. The van der Waals surface area contributed by atoms with Crippen LogP contribution in [-0.2, 0) is 4.79 Å². The zero-order valence-corrected chi connectivity index (χ0v) is 11.4. The number of nitrogens with two attached hydrogens (primary N) is 1. The molecule has 1 aromatic heterocycles. The third-order valence-corrected chi connectivity index (χ3v) is 3.80. The monoisotopic (exact) mass is 270 g/mol. The van der Waals surface area contributed by atoms with Crippen LogP contribution in [0.15, 0.2) is 9.64 Å². The average molecular weight is 270 g/mol. The van der Waals surface area contributed by atoms with E-state index in [-0.39, 0.29) is 5.91 Å². The molecule has 0 aliphatic heterocycles. The predicted molar refractivity (Wildman–Crippen MR) is 68.1 cm³/mol. The number of hydrogen-bond donors (Lipinski definition) is 2. The second-order valence-electron chi connectivity index (χ2n) is 4.80. The molecule has 18 heavy (non-hydrogen) atoms. The SMILES string of the molecule is Cc1nnc(SCCC(C)(NC2CC2)C(N)=O)o1. The summed E-state index contributed by atoms with van der Waals surface area (Å²) in [6.45, 7) is 3.60. The van der Waals surface area contributed by atoms with Crippen molar-refractivity contribution in [1.82, 2.24) is 15.5 Å². The third-order valence-electron chi connectivity index (χ3n) is 2.98. The summed E-state index contributed by atoms with van der Waals surface area (Å²) in [5.74, 6) is 0.948. The summed E-state index contributed by atoms with van der Waals surface area (Å²) < 4.78 is 5.26. The fraction of sp³-hybridized carbons (Fsp3) is 0.727. The maximum atomic E-state index is 11.5. The van der Waals surface area contributed by atoms with Gasteiger partial charge in [0.25, 0.3) is 5.22 Å². The molecule has 1 aliphatic rings. The molecular weight excluding hydrogens is 252 g/mol. The zero-order chi connectivity index (χ0) is 13.2. The van der Waals surface area contributed by atoms with E-state index in [1.165, 1.54) is 11.8 Å². The van der Waals surface area contributed by atoms with Gasteiger partial charge in [-0.25, -0.2) is 0 Å². The Kier molecular flexibility index (Phi) is 3.91. The first-order valence-electron chi connectivity index (χ1n) is 6.00. The molecule has 0 saturated heterocycles. The van der Waals surface area contributed by atoms with Crippen molar-refractivity contribution in [2.24, 2.45) is 5.73 Å². The van der Waals surface area contributed by atoms with Crippen molar-refractivity contribution in [2.75, 3.05) is 5.75 Å². The van der Waals surface area contributed by atoms with Crippen molar-refractivity contribution in [2.45, 2.75) is 49.9 Å². The first kappa shape index (κ1) is 13.4. The molecule has 1 fully saturated rings. The van der Waals surface area contributed by atoms with Gasteiger partial charge < -0.3 is 15.5 Å². The largest absolute Gasteiger partial charge is 0.416 e. The average Bonchev–Trinajstić information content (AvgIpc) is 3.00. The van der Waals surface area contributed by atoms with Crippen LogP contribution in [0.4, 0.5) is 0 Å². The smallest absolute Gasteiger partial charge is 0.276 e. The molecule has 100 valence electrons. The van der Waals surface area contributed by atoms with E-state index in [1.807, 2.05) is 6.92 Å². The Hall–Kier alpha value is -1.08. The Balaban J connectivity index is 1.83. The Morgan fingerprint density at radius 3 is 2.83 bits per heavy atom. The molecule has 0 bridgehead atoms. The van der Waals surface area contributed by atoms with E-state index in [9.17, 15) is 4.79 Å². The van der Waals surface area contributed by atoms with E-state index in [1.54, 1.807) is 6.92 Å². The molecule has 0 aromatic carbocycles. The van der Waals surface area contributed by atoms with E-state index >= 15 is 0 Å². The second kappa shape index (κ2) is 5.27. The number of nitrogens with one attached hydrogen (secondary N) is 1. The summed E-state index contributed by atoms with van der Waals surface area (Å²) in [5.41, 5.74) is 4.82. The lowest BCUT2D eigenvalue weighted by molar-refractivity contribution is -0.124. The van der Waals surface area contributed by atoms with Gasteiger partial charge in [0.05, 0.1) is 5.54 Å². The van der Waals surface area contributed by atoms with Gasteiger partial charge in [0.2, 0.25) is 11.8 Å². The number of nitrogens with zero attached hydrogens (tertiary/aromatic N) is 2. The lowest BCUT2D eigenvalue weighted by Gasteiger charge is -2.27. The van der Waals surface area contributed by atoms with Crippen LogP contribution < -0.4 is 11.1 Å². The molecule has 1 heterocycles. The molecule has 1 atom stereocenters. The van der Waals surface area contributed by atoms with E-state index in [4.69, 9.17) is 10.2 Å². The van der Waals surface area contributed by atoms with Crippen molar-refractivity contribution < 1.29 is 9.21 Å². The van der Waals surface area contributed by atoms with Gasteiger partial charge in [-0.1, -0.05) is 11.8 Å². The highest BCUT2D eigenvalue weighted by atomic mass is 32.2. The topological polar surface area (TPSA) is 94.0 Å². The Morgan fingerprint density at radius 1 is 1.61 bits per heavy atom. The molecule has 3 N–H and O–H groups in total. The van der Waals surface area contributed by atoms with Crippen LogP contribution in [0.3, 0.4) is 0 Å². The molecule has 1 amide bonds. The minimum atomic E-state index is -0.650. The molecule has 1 saturated carbocycles. The summed E-state index contributed by atoms with van der Waals surface area (Å²) in [6.07, 6.45) is 2.89. The number of carbonyl (C=O) groups excluding carboxylic acids is 1. The zero-order valence-electron chi connectivity index (χ0n) is 10.6. The quantitative estimate of drug-likeness (QED) is 0.714. The van der Waals surface area contributed by atoms with Crippen molar-refractivity contribution in [3.63, 3.8) is 0 Å². The van der Waals surface area contributed by atoms with Gasteiger partial charge in [0.15, 0.2) is 0 Å². The number of rotatable bonds is 7. The summed E-state index contributed by atoms with van der Waals surface area (Å²) in [7, 11) is 0. The molecule has 0 radical (unpaired) electrons. The molecular formula is C11H18N4O2S. The van der Waals surface area contributed by atoms with Crippen molar-refractivity contribution in [1.29, 1.82) is 0 Å². The number of aromatic nitrogens is 2. The van der Waals surface area contributed by atoms with Crippen LogP contribution in [0, 0.1) is 6.92 Å². The second-order valence-corrected chi connectivity index (χ2v) is 5.85. The number of hydrogen-bond acceptors (Lipinski definition) is 6. The van der Waals surface area contributed by atoms with E-state index in [0.717, 1.165) is 12.8 Å².